The highest BCUT2D eigenvalue weighted by atomic mass is 16.3. The summed E-state index contributed by atoms with van der Waals surface area (Å²) in [5.41, 5.74) is 3.14. The van der Waals surface area contributed by atoms with Gasteiger partial charge in [0.2, 0.25) is 0 Å². The molecular formula is C42H26O. The predicted octanol–water partition coefficient (Wildman–Crippen LogP) is 12.0. The molecule has 1 heteroatoms. The number of rotatable bonds is 3. The quantitative estimate of drug-likeness (QED) is 0.198. The Labute approximate surface area is 261 Å². The van der Waals surface area contributed by atoms with Gasteiger partial charge in [0.15, 0.2) is 0 Å². The molecule has 0 bridgehead atoms. The molecule has 0 radical (unpaired) electrons. The van der Waals surface area contributed by atoms with Crippen LogP contribution in [0.4, 0.5) is 0 Å². The molecule has 1 aromatic heterocycles. The van der Waals surface area contributed by atoms with Gasteiger partial charge in [-0.05, 0) is 55.3 Å². The summed E-state index contributed by atoms with van der Waals surface area (Å²) in [6.45, 7) is 0. The van der Waals surface area contributed by atoms with E-state index in [1.165, 1.54) is 0 Å². The van der Waals surface area contributed by atoms with Gasteiger partial charge in [0.1, 0.15) is 11.2 Å². The smallest absolute Gasteiger partial charge is 0.143 e. The molecule has 43 heavy (non-hydrogen) atoms. The van der Waals surface area contributed by atoms with Crippen molar-refractivity contribution in [3.8, 4) is 33.4 Å². The Bertz CT molecular complexity index is 2900. The van der Waals surface area contributed by atoms with Crippen LogP contribution in [-0.4, -0.2) is 0 Å². The van der Waals surface area contributed by atoms with Crippen molar-refractivity contribution in [3.05, 3.63) is 158 Å². The first-order valence-electron chi connectivity index (χ1n) is 18.5. The minimum atomic E-state index is -0.614. The van der Waals surface area contributed by atoms with Crippen molar-refractivity contribution in [1.82, 2.24) is 0 Å². The molecular weight excluding hydrogens is 520 g/mol. The minimum Gasteiger partial charge on any atom is -0.455 e. The van der Waals surface area contributed by atoms with Crippen LogP contribution in [0.2, 0.25) is 0 Å². The van der Waals surface area contributed by atoms with Crippen LogP contribution in [0.5, 0.6) is 0 Å². The van der Waals surface area contributed by atoms with Crippen molar-refractivity contribution in [2.45, 2.75) is 0 Å². The number of benzene rings is 8. The monoisotopic (exact) mass is 555 g/mol. The molecule has 0 atom stereocenters. The zero-order valence-corrected chi connectivity index (χ0v) is 22.7. The van der Waals surface area contributed by atoms with E-state index in [1.54, 1.807) is 0 Å². The summed E-state index contributed by atoms with van der Waals surface area (Å²) >= 11 is 0. The van der Waals surface area contributed by atoms with Crippen molar-refractivity contribution < 1.29 is 16.8 Å². The molecule has 0 saturated heterocycles. The van der Waals surface area contributed by atoms with E-state index in [9.17, 15) is 2.74 Å². The summed E-state index contributed by atoms with van der Waals surface area (Å²) in [6, 6.07) is 29.0. The molecule has 1 heterocycles. The van der Waals surface area contributed by atoms with Gasteiger partial charge in [-0.2, -0.15) is 0 Å². The van der Waals surface area contributed by atoms with E-state index in [1.807, 2.05) is 72.8 Å². The third-order valence-corrected chi connectivity index (χ3v) is 8.21. The molecule has 0 amide bonds. The Morgan fingerprint density at radius 2 is 0.907 bits per heavy atom. The highest BCUT2D eigenvalue weighted by Crippen LogP contribution is 2.47. The zero-order valence-electron chi connectivity index (χ0n) is 31.7. The Balaban J connectivity index is 1.38. The molecule has 0 aliphatic carbocycles. The first-order valence-corrected chi connectivity index (χ1v) is 14.0. The van der Waals surface area contributed by atoms with Gasteiger partial charge < -0.3 is 4.42 Å². The van der Waals surface area contributed by atoms with Gasteiger partial charge in [0, 0.05) is 27.3 Å². The second kappa shape index (κ2) is 9.44. The van der Waals surface area contributed by atoms with Crippen molar-refractivity contribution in [2.24, 2.45) is 0 Å². The summed E-state index contributed by atoms with van der Waals surface area (Å²) in [7, 11) is 0. The average Bonchev–Trinajstić information content (AvgIpc) is 3.56. The fourth-order valence-electron chi connectivity index (χ4n) is 6.35. The maximum atomic E-state index is 9.30. The van der Waals surface area contributed by atoms with Crippen LogP contribution in [-0.2, 0) is 0 Å². The molecule has 0 N–H and O–H groups in total. The number of para-hydroxylation sites is 1. The number of furan rings is 1. The molecule has 0 fully saturated rings. The van der Waals surface area contributed by atoms with Crippen LogP contribution in [0.1, 0.15) is 12.3 Å². The van der Waals surface area contributed by atoms with Gasteiger partial charge in [0.25, 0.3) is 0 Å². The van der Waals surface area contributed by atoms with Gasteiger partial charge in [0.05, 0.1) is 12.3 Å². The van der Waals surface area contributed by atoms with Crippen LogP contribution in [0.25, 0.3) is 87.6 Å². The van der Waals surface area contributed by atoms with Crippen LogP contribution >= 0.6 is 0 Å². The lowest BCUT2D eigenvalue weighted by Crippen LogP contribution is -1.91. The van der Waals surface area contributed by atoms with E-state index in [0.29, 0.717) is 16.3 Å². The largest absolute Gasteiger partial charge is 0.455 e. The first kappa shape index (κ1) is 16.7. The fourth-order valence-corrected chi connectivity index (χ4v) is 6.35. The number of fused-ring (bicyclic) bond motifs is 7. The summed E-state index contributed by atoms with van der Waals surface area (Å²) in [6.07, 6.45) is 0. The van der Waals surface area contributed by atoms with Crippen LogP contribution in [0, 0.1) is 0 Å². The molecule has 8 aromatic carbocycles. The lowest BCUT2D eigenvalue weighted by molar-refractivity contribution is 0.674. The van der Waals surface area contributed by atoms with E-state index in [-0.39, 0.29) is 28.8 Å². The van der Waals surface area contributed by atoms with Gasteiger partial charge >= 0.3 is 0 Å². The predicted molar refractivity (Wildman–Crippen MR) is 183 cm³/mol. The van der Waals surface area contributed by atoms with Crippen molar-refractivity contribution in [1.29, 1.82) is 0 Å². The van der Waals surface area contributed by atoms with Gasteiger partial charge in [-0.25, -0.2) is 0 Å². The van der Waals surface area contributed by atoms with E-state index < -0.39 is 42.3 Å². The molecule has 9 rings (SSSR count). The maximum absolute atomic E-state index is 9.30. The average molecular weight is 556 g/mol. The topological polar surface area (TPSA) is 13.1 Å². The fraction of sp³-hybridized carbons (Fsp3) is 0. The van der Waals surface area contributed by atoms with Gasteiger partial charge in [-0.15, -0.1) is 0 Å². The van der Waals surface area contributed by atoms with E-state index >= 15 is 0 Å². The summed E-state index contributed by atoms with van der Waals surface area (Å²) in [5.74, 6) is 0. The molecule has 0 aliphatic heterocycles. The van der Waals surface area contributed by atoms with Crippen LogP contribution < -0.4 is 0 Å². The SMILES string of the molecule is [2H]c1c([2H])c([2H])c(-c2c([2H])c([2H])c(-c3c4ccccc4c(-c4cccc5c4oc4c6ccccc6ccc54)c4ccccc34)c([2H])c2[2H])c([2H])c1[2H]. The summed E-state index contributed by atoms with van der Waals surface area (Å²) < 4.78 is 84.9. The highest BCUT2D eigenvalue weighted by molar-refractivity contribution is 6.25. The van der Waals surface area contributed by atoms with Crippen molar-refractivity contribution in [3.63, 3.8) is 0 Å². The Morgan fingerprint density at radius 1 is 0.372 bits per heavy atom. The van der Waals surface area contributed by atoms with Gasteiger partial charge in [-0.3, -0.25) is 0 Å². The van der Waals surface area contributed by atoms with Crippen molar-refractivity contribution >= 4 is 54.3 Å². The molecule has 0 saturated carbocycles. The first-order chi connectivity index (χ1) is 25.1. The van der Waals surface area contributed by atoms with Crippen LogP contribution in [0.15, 0.2) is 162 Å². The lowest BCUT2D eigenvalue weighted by atomic mass is 9.85. The summed E-state index contributed by atoms with van der Waals surface area (Å²) in [5, 5.41) is 7.11. The van der Waals surface area contributed by atoms with Crippen molar-refractivity contribution in [2.75, 3.05) is 0 Å². The van der Waals surface area contributed by atoms with E-state index in [0.717, 1.165) is 54.6 Å². The second-order valence-corrected chi connectivity index (χ2v) is 10.5. The third kappa shape index (κ3) is 3.65. The highest BCUT2D eigenvalue weighted by Gasteiger charge is 2.20. The Morgan fingerprint density at radius 3 is 1.60 bits per heavy atom. The molecule has 0 aliphatic rings. The van der Waals surface area contributed by atoms with E-state index in [4.69, 9.17) is 14.0 Å². The second-order valence-electron chi connectivity index (χ2n) is 10.5. The van der Waals surface area contributed by atoms with Crippen LogP contribution in [0.3, 0.4) is 0 Å². The number of hydrogen-bond acceptors (Lipinski definition) is 1. The standard InChI is InChI=1S/C42H26O/c1-2-11-27(12-3-1)28-21-23-30(24-22-28)39-32-15-6-8-17-34(32)40(35-18-9-7-16-33(35)39)38-20-10-19-36-37-26-25-29-13-4-5-14-31(29)41(37)43-42(36)38/h1-26H/i1D,2D,3D,11D,12D,21D,22D,23D,24D. The minimum absolute atomic E-state index is 0.0542. The third-order valence-electron chi connectivity index (χ3n) is 8.21. The maximum Gasteiger partial charge on any atom is 0.143 e. The summed E-state index contributed by atoms with van der Waals surface area (Å²) in [4.78, 5) is 0. The lowest BCUT2D eigenvalue weighted by Gasteiger charge is -2.18. The molecule has 0 spiro atoms. The molecule has 200 valence electrons. The molecule has 1 nitrogen and oxygen atoms in total. The van der Waals surface area contributed by atoms with E-state index in [2.05, 4.69) is 30.3 Å². The Hall–Kier alpha value is -5.66. The molecule has 9 aromatic rings. The van der Waals surface area contributed by atoms with Gasteiger partial charge in [-0.1, -0.05) is 151 Å². The Kier molecular flexibility index (Phi) is 3.67. The molecule has 0 unspecified atom stereocenters. The normalized spacial score (nSPS) is 14.7. The number of hydrogen-bond donors (Lipinski definition) is 0. The zero-order chi connectivity index (χ0) is 36.2.